The number of ether oxygens (including phenoxy) is 1. The quantitative estimate of drug-likeness (QED) is 0.273. The SMILES string of the molecule is CCC[CH2][Sn]([CH2]CCC)([CH2]CCC)[C@@H]1O[C@H](c2ccccc2)[C@@H](C)N1C(=O)C(F)(F)F. The zero-order valence-electron chi connectivity index (χ0n) is 19.4. The topological polar surface area (TPSA) is 29.5 Å². The predicted molar refractivity (Wildman–Crippen MR) is 121 cm³/mol. The van der Waals surface area contributed by atoms with E-state index in [0.717, 1.165) is 62.3 Å². The van der Waals surface area contributed by atoms with Crippen LogP contribution in [0.2, 0.25) is 13.3 Å². The van der Waals surface area contributed by atoms with Crippen LogP contribution in [0.25, 0.3) is 0 Å². The standard InChI is InChI=1S/C12H11F3NO2.3C4H9.Sn/c1-8-10(9-5-3-2-4-6-9)18-7-16(8)11(17)12(13,14)15;3*1-3-4-2;/h2-8,10H,1H3;3*1,3-4H2,2H3;/t8-,10+;;;;/m1..../s1. The third-order valence-corrected chi connectivity index (χ3v) is 22.3. The molecule has 0 spiro atoms. The van der Waals surface area contributed by atoms with Crippen LogP contribution >= 0.6 is 0 Å². The Morgan fingerprint density at radius 2 is 1.45 bits per heavy atom. The average molecular weight is 548 g/mol. The Kier molecular flexibility index (Phi) is 10.2. The molecule has 7 heteroatoms. The molecule has 31 heavy (non-hydrogen) atoms. The maximum absolute atomic E-state index is 13.7. The monoisotopic (exact) mass is 549 g/mol. The number of amides is 1. The van der Waals surface area contributed by atoms with E-state index in [1.807, 2.05) is 30.3 Å². The van der Waals surface area contributed by atoms with Crippen LogP contribution in [-0.4, -0.2) is 45.6 Å². The van der Waals surface area contributed by atoms with E-state index >= 15 is 0 Å². The van der Waals surface area contributed by atoms with Gasteiger partial charge in [-0.15, -0.1) is 0 Å². The Hall–Kier alpha value is -0.761. The Balaban J connectivity index is 2.54. The van der Waals surface area contributed by atoms with Gasteiger partial charge >= 0.3 is 190 Å². The van der Waals surface area contributed by atoms with Gasteiger partial charge < -0.3 is 0 Å². The molecule has 0 bridgehead atoms. The van der Waals surface area contributed by atoms with Crippen molar-refractivity contribution in [2.45, 2.75) is 102 Å². The van der Waals surface area contributed by atoms with Crippen molar-refractivity contribution in [2.24, 2.45) is 0 Å². The van der Waals surface area contributed by atoms with Crippen molar-refractivity contribution in [3.05, 3.63) is 35.9 Å². The predicted octanol–water partition coefficient (Wildman–Crippen LogP) is 7.25. The minimum atomic E-state index is -4.89. The van der Waals surface area contributed by atoms with Crippen LogP contribution in [0.4, 0.5) is 13.2 Å². The number of benzene rings is 1. The van der Waals surface area contributed by atoms with Crippen molar-refractivity contribution in [1.82, 2.24) is 4.90 Å². The number of halogens is 3. The Morgan fingerprint density at radius 3 is 1.87 bits per heavy atom. The van der Waals surface area contributed by atoms with Gasteiger partial charge in [0.1, 0.15) is 0 Å². The van der Waals surface area contributed by atoms with Crippen molar-refractivity contribution in [3.8, 4) is 0 Å². The molecule has 176 valence electrons. The molecule has 0 saturated carbocycles. The van der Waals surface area contributed by atoms with Crippen molar-refractivity contribution in [1.29, 1.82) is 0 Å². The number of carbonyl (C=O) groups excluding carboxylic acids is 1. The summed E-state index contributed by atoms with van der Waals surface area (Å²) >= 11 is -3.33. The number of hydrogen-bond donors (Lipinski definition) is 0. The second-order valence-corrected chi connectivity index (χ2v) is 22.4. The van der Waals surface area contributed by atoms with Gasteiger partial charge in [0.2, 0.25) is 0 Å². The first-order valence-electron chi connectivity index (χ1n) is 11.8. The summed E-state index contributed by atoms with van der Waals surface area (Å²) in [5, 5.41) is 0. The van der Waals surface area contributed by atoms with E-state index < -0.39 is 46.9 Å². The van der Waals surface area contributed by atoms with Gasteiger partial charge in [-0.1, -0.05) is 0 Å². The molecule has 1 aromatic carbocycles. The minimum absolute atomic E-state index is 0.515. The summed E-state index contributed by atoms with van der Waals surface area (Å²) in [5.74, 6) is -1.73. The number of nitrogens with zero attached hydrogens (tertiary/aromatic N) is 1. The first-order chi connectivity index (χ1) is 14.7. The molecule has 0 aromatic heterocycles. The zero-order chi connectivity index (χ0) is 23.1. The van der Waals surface area contributed by atoms with Crippen LogP contribution in [0.3, 0.4) is 0 Å². The van der Waals surface area contributed by atoms with E-state index in [9.17, 15) is 18.0 Å². The number of hydrogen-bond acceptors (Lipinski definition) is 2. The van der Waals surface area contributed by atoms with E-state index in [-0.39, 0.29) is 0 Å². The molecule has 1 fully saturated rings. The molecule has 0 aliphatic carbocycles. The summed E-state index contributed by atoms with van der Waals surface area (Å²) in [4.78, 5) is 13.8. The van der Waals surface area contributed by atoms with E-state index in [1.165, 1.54) is 0 Å². The van der Waals surface area contributed by atoms with Crippen molar-refractivity contribution < 1.29 is 22.7 Å². The van der Waals surface area contributed by atoms with Crippen LogP contribution in [0.1, 0.15) is 77.9 Å². The van der Waals surface area contributed by atoms with Gasteiger partial charge in [0.05, 0.1) is 0 Å². The summed E-state index contributed by atoms with van der Waals surface area (Å²) in [6, 6.07) is 8.77. The molecule has 0 N–H and O–H groups in total. The summed E-state index contributed by atoms with van der Waals surface area (Å²) < 4.78 is 49.9. The van der Waals surface area contributed by atoms with Crippen molar-refractivity contribution >= 4 is 24.3 Å². The first kappa shape index (κ1) is 26.5. The Bertz CT molecular complexity index is 661. The Labute approximate surface area is 189 Å². The van der Waals surface area contributed by atoms with Crippen LogP contribution in [0, 0.1) is 0 Å². The van der Waals surface area contributed by atoms with Gasteiger partial charge in [-0.3, -0.25) is 0 Å². The molecule has 1 amide bonds. The van der Waals surface area contributed by atoms with E-state index in [0.29, 0.717) is 0 Å². The van der Waals surface area contributed by atoms with Crippen molar-refractivity contribution in [2.75, 3.05) is 0 Å². The molecule has 2 rings (SSSR count). The third-order valence-electron chi connectivity index (χ3n) is 6.62. The van der Waals surface area contributed by atoms with E-state index in [4.69, 9.17) is 4.74 Å². The van der Waals surface area contributed by atoms with E-state index in [1.54, 1.807) is 6.92 Å². The molecular weight excluding hydrogens is 510 g/mol. The van der Waals surface area contributed by atoms with E-state index in [2.05, 4.69) is 20.8 Å². The molecule has 3 atom stereocenters. The summed E-state index contributed by atoms with van der Waals surface area (Å²) in [5.41, 5.74) is 0.846. The molecule has 1 aliphatic heterocycles. The fraction of sp³-hybridized carbons (Fsp3) is 0.708. The molecule has 1 aromatic rings. The molecular formula is C24H38F3NO2Sn. The maximum atomic E-state index is 13.7. The molecule has 1 saturated heterocycles. The third kappa shape index (κ3) is 6.40. The summed E-state index contributed by atoms with van der Waals surface area (Å²) in [7, 11) is 0. The molecule has 3 nitrogen and oxygen atoms in total. The second-order valence-electron chi connectivity index (χ2n) is 8.94. The number of carbonyl (C=O) groups is 1. The molecule has 1 aliphatic rings. The average Bonchev–Trinajstić information content (AvgIpc) is 3.10. The van der Waals surface area contributed by atoms with Gasteiger partial charge in [0.25, 0.3) is 0 Å². The normalized spacial score (nSPS) is 22.2. The molecule has 1 heterocycles. The Morgan fingerprint density at radius 1 is 0.968 bits per heavy atom. The molecule has 0 unspecified atom stereocenters. The number of alkyl halides is 3. The van der Waals surface area contributed by atoms with Gasteiger partial charge in [-0.2, -0.15) is 0 Å². The summed E-state index contributed by atoms with van der Waals surface area (Å²) in [6.45, 7) is 8.09. The molecule has 0 radical (unpaired) electrons. The zero-order valence-corrected chi connectivity index (χ0v) is 22.2. The van der Waals surface area contributed by atoms with Crippen LogP contribution in [0.15, 0.2) is 30.3 Å². The van der Waals surface area contributed by atoms with Crippen LogP contribution in [-0.2, 0) is 9.53 Å². The second kappa shape index (κ2) is 11.9. The van der Waals surface area contributed by atoms with Crippen LogP contribution in [0.5, 0.6) is 0 Å². The first-order valence-corrected chi connectivity index (χ1v) is 19.5. The fourth-order valence-corrected chi connectivity index (χ4v) is 22.1. The number of unbranched alkanes of at least 4 members (excludes halogenated alkanes) is 3. The summed E-state index contributed by atoms with van der Waals surface area (Å²) in [6.07, 6.45) is 0.626. The van der Waals surface area contributed by atoms with Gasteiger partial charge in [0, 0.05) is 0 Å². The van der Waals surface area contributed by atoms with Crippen molar-refractivity contribution in [3.63, 3.8) is 0 Å². The van der Waals surface area contributed by atoms with Gasteiger partial charge in [0.15, 0.2) is 0 Å². The van der Waals surface area contributed by atoms with Gasteiger partial charge in [-0.05, 0) is 0 Å². The number of rotatable bonds is 11. The van der Waals surface area contributed by atoms with Crippen LogP contribution < -0.4 is 0 Å². The fourth-order valence-electron chi connectivity index (χ4n) is 4.89. The van der Waals surface area contributed by atoms with Gasteiger partial charge in [-0.25, -0.2) is 0 Å².